The highest BCUT2D eigenvalue weighted by molar-refractivity contribution is 7.87. The van der Waals surface area contributed by atoms with Crippen molar-refractivity contribution in [1.29, 1.82) is 0 Å². The second-order valence-electron chi connectivity index (χ2n) is 5.31. The molecular weight excluding hydrogens is 250 g/mol. The maximum absolute atomic E-state index is 12.1. The summed E-state index contributed by atoms with van der Waals surface area (Å²) in [6.07, 6.45) is 3.91. The van der Waals surface area contributed by atoms with Crippen LogP contribution in [0.15, 0.2) is 0 Å². The topological polar surface area (TPSA) is 75.4 Å². The van der Waals surface area contributed by atoms with Gasteiger partial charge in [-0.2, -0.15) is 12.7 Å². The molecule has 0 radical (unpaired) electrons. The summed E-state index contributed by atoms with van der Waals surface area (Å²) < 4.78 is 28.6. The molecule has 0 saturated carbocycles. The molecule has 0 aromatic rings. The molecular formula is C12H27N3O2S. The molecule has 2 unspecified atom stereocenters. The number of rotatable bonds is 7. The first-order chi connectivity index (χ1) is 8.49. The van der Waals surface area contributed by atoms with Gasteiger partial charge in [-0.3, -0.25) is 0 Å². The SMILES string of the molecule is CCC(CCN)CNS(=O)(=O)N1CCCC(C)C1. The second kappa shape index (κ2) is 7.43. The molecule has 1 aliphatic rings. The van der Waals surface area contributed by atoms with E-state index in [2.05, 4.69) is 18.6 Å². The van der Waals surface area contributed by atoms with Crippen molar-refractivity contribution < 1.29 is 8.42 Å². The smallest absolute Gasteiger partial charge is 0.279 e. The fourth-order valence-electron chi connectivity index (χ4n) is 2.37. The second-order valence-corrected chi connectivity index (χ2v) is 7.07. The van der Waals surface area contributed by atoms with Gasteiger partial charge in [-0.1, -0.05) is 20.3 Å². The first-order valence-electron chi connectivity index (χ1n) is 6.94. The molecule has 108 valence electrons. The van der Waals surface area contributed by atoms with Crippen molar-refractivity contribution in [2.24, 2.45) is 17.6 Å². The Morgan fingerprint density at radius 2 is 2.22 bits per heavy atom. The number of nitrogens with one attached hydrogen (secondary N) is 1. The van der Waals surface area contributed by atoms with Gasteiger partial charge in [-0.25, -0.2) is 4.72 Å². The van der Waals surface area contributed by atoms with Crippen LogP contribution in [0.5, 0.6) is 0 Å². The van der Waals surface area contributed by atoms with Crippen LogP contribution in [-0.4, -0.2) is 38.9 Å². The highest BCUT2D eigenvalue weighted by atomic mass is 32.2. The molecule has 3 N–H and O–H groups in total. The van der Waals surface area contributed by atoms with Crippen LogP contribution >= 0.6 is 0 Å². The Bertz CT molecular complexity index is 332. The molecule has 18 heavy (non-hydrogen) atoms. The van der Waals surface area contributed by atoms with Crippen molar-refractivity contribution in [2.75, 3.05) is 26.2 Å². The minimum atomic E-state index is -3.30. The Labute approximate surface area is 111 Å². The number of hydrogen-bond acceptors (Lipinski definition) is 3. The lowest BCUT2D eigenvalue weighted by atomic mass is 10.0. The van der Waals surface area contributed by atoms with E-state index in [1.165, 1.54) is 0 Å². The Hall–Kier alpha value is -0.170. The number of nitrogens with two attached hydrogens (primary N) is 1. The summed E-state index contributed by atoms with van der Waals surface area (Å²) in [4.78, 5) is 0. The average Bonchev–Trinajstić information content (AvgIpc) is 2.34. The molecule has 1 aliphatic heterocycles. The predicted octanol–water partition coefficient (Wildman–Crippen LogP) is 0.928. The van der Waals surface area contributed by atoms with Crippen molar-refractivity contribution in [2.45, 2.75) is 39.5 Å². The molecule has 0 aromatic carbocycles. The van der Waals surface area contributed by atoms with E-state index < -0.39 is 10.2 Å². The van der Waals surface area contributed by atoms with Crippen molar-refractivity contribution in [1.82, 2.24) is 9.03 Å². The number of hydrogen-bond donors (Lipinski definition) is 2. The van der Waals surface area contributed by atoms with Gasteiger partial charge in [0.2, 0.25) is 0 Å². The molecule has 1 fully saturated rings. The molecule has 1 saturated heterocycles. The van der Waals surface area contributed by atoms with E-state index in [9.17, 15) is 8.42 Å². The third kappa shape index (κ3) is 4.84. The van der Waals surface area contributed by atoms with Gasteiger partial charge in [0.05, 0.1) is 0 Å². The minimum Gasteiger partial charge on any atom is -0.330 e. The van der Waals surface area contributed by atoms with Crippen LogP contribution in [0.3, 0.4) is 0 Å². The minimum absolute atomic E-state index is 0.340. The molecule has 0 bridgehead atoms. The Balaban J connectivity index is 2.48. The lowest BCUT2D eigenvalue weighted by Gasteiger charge is -2.30. The van der Waals surface area contributed by atoms with Gasteiger partial charge in [0, 0.05) is 19.6 Å². The zero-order valence-corrected chi connectivity index (χ0v) is 12.4. The standard InChI is InChI=1S/C12H27N3O2S/c1-3-12(6-7-13)9-14-18(16,17)15-8-4-5-11(2)10-15/h11-12,14H,3-10,13H2,1-2H3. The largest absolute Gasteiger partial charge is 0.330 e. The van der Waals surface area contributed by atoms with E-state index in [1.807, 2.05) is 0 Å². The summed E-state index contributed by atoms with van der Waals surface area (Å²) in [5.41, 5.74) is 5.52. The Kier molecular flexibility index (Phi) is 6.55. The first-order valence-corrected chi connectivity index (χ1v) is 8.38. The van der Waals surface area contributed by atoms with Crippen LogP contribution in [0.2, 0.25) is 0 Å². The van der Waals surface area contributed by atoms with Gasteiger partial charge < -0.3 is 5.73 Å². The van der Waals surface area contributed by atoms with Crippen LogP contribution in [0.4, 0.5) is 0 Å². The van der Waals surface area contributed by atoms with Crippen LogP contribution in [0.25, 0.3) is 0 Å². The van der Waals surface area contributed by atoms with Gasteiger partial charge in [-0.15, -0.1) is 0 Å². The monoisotopic (exact) mass is 277 g/mol. The van der Waals surface area contributed by atoms with Crippen molar-refractivity contribution in [3.8, 4) is 0 Å². The molecule has 0 aliphatic carbocycles. The Morgan fingerprint density at radius 3 is 2.78 bits per heavy atom. The van der Waals surface area contributed by atoms with E-state index in [0.717, 1.165) is 25.7 Å². The summed E-state index contributed by atoms with van der Waals surface area (Å²) in [5, 5.41) is 0. The van der Waals surface area contributed by atoms with E-state index in [4.69, 9.17) is 5.73 Å². The van der Waals surface area contributed by atoms with Gasteiger partial charge in [0.15, 0.2) is 0 Å². The van der Waals surface area contributed by atoms with Crippen LogP contribution in [0.1, 0.15) is 39.5 Å². The van der Waals surface area contributed by atoms with Crippen molar-refractivity contribution in [3.05, 3.63) is 0 Å². The maximum atomic E-state index is 12.1. The molecule has 1 rings (SSSR count). The quantitative estimate of drug-likeness (QED) is 0.727. The normalized spacial score (nSPS) is 24.1. The van der Waals surface area contributed by atoms with E-state index >= 15 is 0 Å². The third-order valence-corrected chi connectivity index (χ3v) is 5.21. The molecule has 0 spiro atoms. The van der Waals surface area contributed by atoms with Gasteiger partial charge in [0.1, 0.15) is 0 Å². The highest BCUT2D eigenvalue weighted by Crippen LogP contribution is 2.18. The molecule has 6 heteroatoms. The fraction of sp³-hybridized carbons (Fsp3) is 1.00. The lowest BCUT2D eigenvalue weighted by Crippen LogP contribution is -2.46. The zero-order chi connectivity index (χ0) is 13.6. The predicted molar refractivity (Wildman–Crippen MR) is 74.3 cm³/mol. The zero-order valence-electron chi connectivity index (χ0n) is 11.6. The third-order valence-electron chi connectivity index (χ3n) is 3.67. The van der Waals surface area contributed by atoms with E-state index in [-0.39, 0.29) is 0 Å². The van der Waals surface area contributed by atoms with Gasteiger partial charge in [-0.05, 0) is 37.6 Å². The molecule has 2 atom stereocenters. The maximum Gasteiger partial charge on any atom is 0.279 e. The van der Waals surface area contributed by atoms with Crippen LogP contribution < -0.4 is 10.5 Å². The van der Waals surface area contributed by atoms with Crippen molar-refractivity contribution in [3.63, 3.8) is 0 Å². The fourth-order valence-corrected chi connectivity index (χ4v) is 3.81. The summed E-state index contributed by atoms with van der Waals surface area (Å²) in [6, 6.07) is 0. The van der Waals surface area contributed by atoms with E-state index in [0.29, 0.717) is 38.0 Å². The summed E-state index contributed by atoms with van der Waals surface area (Å²) >= 11 is 0. The summed E-state index contributed by atoms with van der Waals surface area (Å²) in [6.45, 7) is 6.57. The molecule has 5 nitrogen and oxygen atoms in total. The molecule has 0 aromatic heterocycles. The van der Waals surface area contributed by atoms with Crippen LogP contribution in [0, 0.1) is 11.8 Å². The van der Waals surface area contributed by atoms with Crippen molar-refractivity contribution >= 4 is 10.2 Å². The molecule has 1 heterocycles. The van der Waals surface area contributed by atoms with E-state index in [1.54, 1.807) is 4.31 Å². The lowest BCUT2D eigenvalue weighted by molar-refractivity contribution is 0.277. The molecule has 0 amide bonds. The summed E-state index contributed by atoms with van der Waals surface area (Å²) in [7, 11) is -3.30. The average molecular weight is 277 g/mol. The van der Waals surface area contributed by atoms with Gasteiger partial charge >= 0.3 is 0 Å². The first kappa shape index (κ1) is 15.9. The van der Waals surface area contributed by atoms with Crippen LogP contribution in [-0.2, 0) is 10.2 Å². The summed E-state index contributed by atoms with van der Waals surface area (Å²) in [5.74, 6) is 0.799. The highest BCUT2D eigenvalue weighted by Gasteiger charge is 2.27. The Morgan fingerprint density at radius 1 is 1.50 bits per heavy atom. The van der Waals surface area contributed by atoms with Gasteiger partial charge in [0.25, 0.3) is 10.2 Å². The number of nitrogens with zero attached hydrogens (tertiary/aromatic N) is 1. The number of piperidine rings is 1.